The summed E-state index contributed by atoms with van der Waals surface area (Å²) in [6, 6.07) is 18.8. The number of aromatic nitrogens is 4. The van der Waals surface area contributed by atoms with Gasteiger partial charge in [0.15, 0.2) is 11.2 Å². The highest BCUT2D eigenvalue weighted by Gasteiger charge is 2.29. The predicted octanol–water partition coefficient (Wildman–Crippen LogP) is 3.90. The largest absolute Gasteiger partial charge is 0.365 e. The van der Waals surface area contributed by atoms with Gasteiger partial charge >= 0.3 is 5.69 Å². The fourth-order valence-corrected chi connectivity index (χ4v) is 4.03. The van der Waals surface area contributed by atoms with Gasteiger partial charge in [-0.15, -0.1) is 0 Å². The number of ether oxygens (including phenoxy) is 1. The zero-order chi connectivity index (χ0) is 25.8. The van der Waals surface area contributed by atoms with Crippen molar-refractivity contribution < 1.29 is 4.74 Å². The van der Waals surface area contributed by atoms with Crippen LogP contribution in [0.5, 0.6) is 0 Å². The molecule has 0 spiro atoms. The Balaban J connectivity index is 0.000000211. The Morgan fingerprint density at radius 1 is 1.03 bits per heavy atom. The van der Waals surface area contributed by atoms with Crippen LogP contribution in [0.15, 0.2) is 68.7 Å². The van der Waals surface area contributed by atoms with E-state index in [1.165, 1.54) is 24.2 Å². The molecule has 0 saturated carbocycles. The summed E-state index contributed by atoms with van der Waals surface area (Å²) in [6.45, 7) is 3.73. The van der Waals surface area contributed by atoms with E-state index in [0.717, 1.165) is 21.1 Å². The van der Waals surface area contributed by atoms with E-state index in [2.05, 4.69) is 100 Å². The first-order valence-corrected chi connectivity index (χ1v) is 12.1. The summed E-state index contributed by atoms with van der Waals surface area (Å²) in [5, 5.41) is 0.0956. The Hall–Kier alpha value is -2.72. The number of fused-ring (bicyclic) bond motifs is 1. The van der Waals surface area contributed by atoms with Gasteiger partial charge in [-0.25, -0.2) is 4.79 Å². The van der Waals surface area contributed by atoms with Gasteiger partial charge in [-0.1, -0.05) is 58.4 Å². The molecule has 2 heterocycles. The molecule has 0 aliphatic rings. The first-order chi connectivity index (χ1) is 16.5. The number of rotatable bonds is 6. The maximum Gasteiger partial charge on any atom is 0.332 e. The van der Waals surface area contributed by atoms with E-state index in [1.54, 1.807) is 0 Å². The van der Waals surface area contributed by atoms with Crippen LogP contribution in [0, 0.1) is 0 Å². The van der Waals surface area contributed by atoms with E-state index in [-0.39, 0.29) is 16.4 Å². The second-order valence-electron chi connectivity index (χ2n) is 8.49. The van der Waals surface area contributed by atoms with Gasteiger partial charge in [0.05, 0.1) is 6.61 Å². The summed E-state index contributed by atoms with van der Waals surface area (Å²) in [5.74, 6) is 0. The molecule has 0 amide bonds. The third kappa shape index (κ3) is 6.10. The minimum Gasteiger partial charge on any atom is -0.365 e. The second kappa shape index (κ2) is 11.3. The van der Waals surface area contributed by atoms with Gasteiger partial charge in [-0.2, -0.15) is 4.98 Å². The van der Waals surface area contributed by atoms with Crippen LogP contribution >= 0.6 is 27.5 Å². The lowest BCUT2D eigenvalue weighted by atomic mass is 9.88. The van der Waals surface area contributed by atoms with Crippen molar-refractivity contribution in [3.05, 3.63) is 96.3 Å². The average Bonchev–Trinajstić information content (AvgIpc) is 3.24. The number of benzene rings is 2. The number of nitrogens with one attached hydrogen (secondary N) is 1. The van der Waals surface area contributed by atoms with Gasteiger partial charge in [-0.05, 0) is 55.9 Å². The first kappa shape index (κ1) is 26.9. The fourth-order valence-electron chi connectivity index (χ4n) is 3.59. The van der Waals surface area contributed by atoms with Crippen molar-refractivity contribution in [1.29, 1.82) is 0 Å². The van der Waals surface area contributed by atoms with Crippen LogP contribution in [0.4, 0.5) is 0 Å². The predicted molar refractivity (Wildman–Crippen MR) is 143 cm³/mol. The monoisotopic (exact) mass is 561 g/mol. The molecule has 10 heteroatoms. The van der Waals surface area contributed by atoms with E-state index in [1.807, 2.05) is 6.07 Å². The third-order valence-electron chi connectivity index (χ3n) is 5.71. The number of imidazole rings is 1. The number of hydrogen-bond acceptors (Lipinski definition) is 5. The molecule has 0 aliphatic carbocycles. The molecule has 1 atom stereocenters. The normalized spacial score (nSPS) is 12.9. The molecule has 0 fully saturated rings. The molecule has 4 rings (SSSR count). The van der Waals surface area contributed by atoms with E-state index in [4.69, 9.17) is 16.3 Å². The molecular formula is C25H29BrClN5O3. The molecule has 0 bridgehead atoms. The van der Waals surface area contributed by atoms with Gasteiger partial charge in [0.2, 0.25) is 5.28 Å². The van der Waals surface area contributed by atoms with Crippen LogP contribution in [0.3, 0.4) is 0 Å². The second-order valence-corrected chi connectivity index (χ2v) is 9.76. The summed E-state index contributed by atoms with van der Waals surface area (Å²) < 4.78 is 9.63. The van der Waals surface area contributed by atoms with E-state index in [0.29, 0.717) is 6.61 Å². The highest BCUT2D eigenvalue weighted by atomic mass is 79.9. The van der Waals surface area contributed by atoms with Gasteiger partial charge in [0.1, 0.15) is 5.60 Å². The van der Waals surface area contributed by atoms with Gasteiger partial charge < -0.3 is 14.6 Å². The highest BCUT2D eigenvalue weighted by Crippen LogP contribution is 2.33. The average molecular weight is 563 g/mol. The van der Waals surface area contributed by atoms with Crippen LogP contribution in [-0.2, 0) is 24.4 Å². The molecule has 0 radical (unpaired) electrons. The standard InChI is InChI=1S/C18H22BrNO.C7H7ClN4O2/c1-18(21-14-13-20(2)3,15-7-5-4-6-8-15)16-9-11-17(19)12-10-16;1-11-4-3(9-6(8)10-4)5(13)12(2)7(11)14/h4-12H,13-14H2,1-3H3;1-2H3,(H,9,10). The first-order valence-electron chi connectivity index (χ1n) is 11.0. The lowest BCUT2D eigenvalue weighted by Crippen LogP contribution is -2.36. The van der Waals surface area contributed by atoms with Crippen molar-refractivity contribution in [1.82, 2.24) is 24.0 Å². The number of aryl methyl sites for hydroxylation is 1. The maximum absolute atomic E-state index is 11.5. The molecule has 1 N–H and O–H groups in total. The summed E-state index contributed by atoms with van der Waals surface area (Å²) in [7, 11) is 7.05. The lowest BCUT2D eigenvalue weighted by molar-refractivity contribution is -0.0101. The molecular weight excluding hydrogens is 534 g/mol. The SMILES string of the molecule is CN(C)CCOC(C)(c1ccccc1)c1ccc(Br)cc1.Cn1c(=O)c2[nH]c(Cl)nc2n(C)c1=O. The minimum absolute atomic E-state index is 0.0956. The summed E-state index contributed by atoms with van der Waals surface area (Å²) in [4.78, 5) is 31.5. The number of H-pyrrole nitrogens is 1. The molecule has 2 aromatic heterocycles. The number of hydrogen-bond donors (Lipinski definition) is 1. The number of likely N-dealkylation sites (N-methyl/N-ethyl adjacent to an activating group) is 1. The number of nitrogens with zero attached hydrogens (tertiary/aromatic N) is 4. The van der Waals surface area contributed by atoms with Crippen LogP contribution in [-0.4, -0.2) is 51.2 Å². The van der Waals surface area contributed by atoms with Crippen molar-refractivity contribution in [2.24, 2.45) is 14.1 Å². The lowest BCUT2D eigenvalue weighted by Gasteiger charge is -2.32. The minimum atomic E-state index is -0.433. The van der Waals surface area contributed by atoms with Crippen molar-refractivity contribution in [3.8, 4) is 0 Å². The molecule has 4 aromatic rings. The zero-order valence-electron chi connectivity index (χ0n) is 20.4. The van der Waals surface area contributed by atoms with Crippen LogP contribution < -0.4 is 11.2 Å². The summed E-state index contributed by atoms with van der Waals surface area (Å²) >= 11 is 9.09. The summed E-state index contributed by atoms with van der Waals surface area (Å²) in [5.41, 5.74) is 1.55. The van der Waals surface area contributed by atoms with Crippen LogP contribution in [0.25, 0.3) is 11.2 Å². The maximum atomic E-state index is 11.5. The quantitative estimate of drug-likeness (QED) is 0.360. The Morgan fingerprint density at radius 3 is 2.23 bits per heavy atom. The van der Waals surface area contributed by atoms with Crippen LogP contribution in [0.2, 0.25) is 5.28 Å². The Labute approximate surface area is 217 Å². The molecule has 0 aliphatic heterocycles. The van der Waals surface area contributed by atoms with Gasteiger partial charge in [-0.3, -0.25) is 13.9 Å². The van der Waals surface area contributed by atoms with E-state index in [9.17, 15) is 9.59 Å². The number of halogens is 2. The Bertz CT molecular complexity index is 1400. The molecule has 35 heavy (non-hydrogen) atoms. The van der Waals surface area contributed by atoms with Crippen molar-refractivity contribution in [3.63, 3.8) is 0 Å². The topological polar surface area (TPSA) is 85.2 Å². The van der Waals surface area contributed by atoms with Crippen molar-refractivity contribution in [2.75, 3.05) is 27.2 Å². The molecule has 186 valence electrons. The fraction of sp³-hybridized carbons (Fsp3) is 0.320. The van der Waals surface area contributed by atoms with Gasteiger partial charge in [0, 0.05) is 25.1 Å². The van der Waals surface area contributed by atoms with Crippen LogP contribution in [0.1, 0.15) is 18.1 Å². The zero-order valence-corrected chi connectivity index (χ0v) is 22.7. The van der Waals surface area contributed by atoms with E-state index >= 15 is 0 Å². The van der Waals surface area contributed by atoms with Gasteiger partial charge in [0.25, 0.3) is 5.56 Å². The van der Waals surface area contributed by atoms with Crippen molar-refractivity contribution >= 4 is 38.7 Å². The summed E-state index contributed by atoms with van der Waals surface area (Å²) in [6.07, 6.45) is 0. The third-order valence-corrected chi connectivity index (χ3v) is 6.42. The van der Waals surface area contributed by atoms with E-state index < -0.39 is 16.9 Å². The molecule has 2 aromatic carbocycles. The molecule has 0 saturated heterocycles. The van der Waals surface area contributed by atoms with Crippen molar-refractivity contribution in [2.45, 2.75) is 12.5 Å². The molecule has 1 unspecified atom stereocenters. The Morgan fingerprint density at radius 2 is 1.63 bits per heavy atom. The Kier molecular flexibility index (Phi) is 8.71. The number of aromatic amines is 1. The molecule has 8 nitrogen and oxygen atoms in total. The highest BCUT2D eigenvalue weighted by molar-refractivity contribution is 9.10. The smallest absolute Gasteiger partial charge is 0.332 e.